The number of pyridine rings is 1. The van der Waals surface area contributed by atoms with Gasteiger partial charge in [0.15, 0.2) is 5.78 Å². The smallest absolute Gasteiger partial charge is 0.242 e. The lowest BCUT2D eigenvalue weighted by atomic mass is 10.1. The molecule has 1 aromatic carbocycles. The lowest BCUT2D eigenvalue weighted by Gasteiger charge is -2.34. The van der Waals surface area contributed by atoms with Crippen molar-refractivity contribution in [1.82, 2.24) is 19.4 Å². The maximum atomic E-state index is 12.9. The molecule has 2 fully saturated rings. The van der Waals surface area contributed by atoms with Gasteiger partial charge in [0.25, 0.3) is 0 Å². The lowest BCUT2D eigenvalue weighted by Crippen LogP contribution is -2.50. The maximum absolute atomic E-state index is 12.9. The monoisotopic (exact) mass is 497 g/mol. The fourth-order valence-corrected chi connectivity index (χ4v) is 4.53. The van der Waals surface area contributed by atoms with Crippen molar-refractivity contribution in [2.45, 2.75) is 32.5 Å². The molecule has 0 spiro atoms. The number of amides is 1. The van der Waals surface area contributed by atoms with Gasteiger partial charge in [-0.1, -0.05) is 6.07 Å². The van der Waals surface area contributed by atoms with Gasteiger partial charge in [0, 0.05) is 25.3 Å². The van der Waals surface area contributed by atoms with Crippen molar-refractivity contribution in [3.05, 3.63) is 52.4 Å². The fraction of sp³-hybridized carbons (Fsp3) is 0.391. The van der Waals surface area contributed by atoms with Crippen LogP contribution in [0.2, 0.25) is 0 Å². The Morgan fingerprint density at radius 2 is 2.06 bits per heavy atom. The normalized spacial score (nSPS) is 19.4. The third-order valence-corrected chi connectivity index (χ3v) is 6.50. The first-order valence-electron chi connectivity index (χ1n) is 10.7. The zero-order valence-electron chi connectivity index (χ0n) is 17.8. The van der Waals surface area contributed by atoms with Crippen LogP contribution in [-0.4, -0.2) is 63.5 Å². The van der Waals surface area contributed by atoms with Crippen molar-refractivity contribution < 1.29 is 14.3 Å². The Morgan fingerprint density at radius 3 is 2.75 bits per heavy atom. The second-order valence-electron chi connectivity index (χ2n) is 8.25. The Labute approximate surface area is 194 Å². The van der Waals surface area contributed by atoms with Gasteiger partial charge in [0.05, 0.1) is 36.8 Å². The number of carbonyl (C=O) groups is 2. The van der Waals surface area contributed by atoms with Crippen LogP contribution in [0.15, 0.2) is 41.0 Å². The van der Waals surface area contributed by atoms with E-state index in [0.717, 1.165) is 36.4 Å². The molecule has 1 atom stereocenters. The number of hydrogen-bond acceptors (Lipinski definition) is 6. The van der Waals surface area contributed by atoms with Crippen molar-refractivity contribution in [3.8, 4) is 0 Å². The molecule has 166 valence electrons. The molecule has 0 radical (unpaired) electrons. The highest BCUT2D eigenvalue weighted by Crippen LogP contribution is 2.24. The fourth-order valence-electron chi connectivity index (χ4n) is 4.20. The average Bonchev–Trinajstić information content (AvgIpc) is 3.06. The molecule has 8 nitrogen and oxygen atoms in total. The number of imidazole rings is 1. The van der Waals surface area contributed by atoms with Gasteiger partial charge >= 0.3 is 0 Å². The standard InChI is InChI=1S/C23H24BrN5O3/c1-15(30)16-5-6-18-19(11-16)29(12-17-7-10-32-17)22(25-18)13-27-8-9-28(23(31)14-27)21-4-2-3-20(24)26-21/h2-6,11,17H,7-10,12-14H2,1H3/t17-/m0/s1. The Bertz CT molecular complexity index is 1190. The second kappa shape index (κ2) is 8.73. The number of Topliss-reactive ketones (excluding diaryl/α,β-unsaturated/α-hetero) is 1. The van der Waals surface area contributed by atoms with E-state index in [1.807, 2.05) is 36.4 Å². The van der Waals surface area contributed by atoms with Crippen LogP contribution < -0.4 is 4.90 Å². The minimum Gasteiger partial charge on any atom is -0.376 e. The molecule has 4 heterocycles. The van der Waals surface area contributed by atoms with Gasteiger partial charge < -0.3 is 9.30 Å². The molecule has 0 bridgehead atoms. The number of aromatic nitrogens is 3. The van der Waals surface area contributed by atoms with Gasteiger partial charge in [0.1, 0.15) is 16.2 Å². The van der Waals surface area contributed by atoms with Crippen LogP contribution in [0.3, 0.4) is 0 Å². The number of hydrogen-bond donors (Lipinski definition) is 0. The van der Waals surface area contributed by atoms with Crippen LogP contribution in [0.4, 0.5) is 5.82 Å². The van der Waals surface area contributed by atoms with Gasteiger partial charge in [-0.25, -0.2) is 9.97 Å². The Kier molecular flexibility index (Phi) is 5.79. The summed E-state index contributed by atoms with van der Waals surface area (Å²) in [5.41, 5.74) is 2.46. The summed E-state index contributed by atoms with van der Waals surface area (Å²) in [6.07, 6.45) is 1.18. The molecule has 0 aliphatic carbocycles. The highest BCUT2D eigenvalue weighted by molar-refractivity contribution is 9.10. The van der Waals surface area contributed by atoms with Crippen LogP contribution in [0.1, 0.15) is 29.5 Å². The lowest BCUT2D eigenvalue weighted by molar-refractivity contribution is -0.121. The Hall–Kier alpha value is -2.62. The zero-order valence-corrected chi connectivity index (χ0v) is 19.4. The molecule has 5 rings (SSSR count). The molecule has 0 N–H and O–H groups in total. The first-order valence-corrected chi connectivity index (χ1v) is 11.5. The number of ether oxygens (including phenoxy) is 1. The molecular weight excluding hydrogens is 474 g/mol. The molecule has 3 aromatic rings. The van der Waals surface area contributed by atoms with Crippen LogP contribution in [-0.2, 0) is 22.6 Å². The summed E-state index contributed by atoms with van der Waals surface area (Å²) in [5, 5.41) is 0. The van der Waals surface area contributed by atoms with Crippen LogP contribution in [0.25, 0.3) is 11.0 Å². The number of nitrogens with zero attached hydrogens (tertiary/aromatic N) is 5. The molecule has 2 aliphatic rings. The van der Waals surface area contributed by atoms with E-state index in [1.165, 1.54) is 0 Å². The number of benzene rings is 1. The number of piperazine rings is 1. The molecule has 32 heavy (non-hydrogen) atoms. The molecule has 1 amide bonds. The summed E-state index contributed by atoms with van der Waals surface area (Å²) in [6, 6.07) is 11.2. The van der Waals surface area contributed by atoms with Crippen molar-refractivity contribution in [1.29, 1.82) is 0 Å². The maximum Gasteiger partial charge on any atom is 0.242 e. The quantitative estimate of drug-likeness (QED) is 0.384. The predicted molar refractivity (Wildman–Crippen MR) is 124 cm³/mol. The van der Waals surface area contributed by atoms with Crippen molar-refractivity contribution in [2.75, 3.05) is 31.1 Å². The summed E-state index contributed by atoms with van der Waals surface area (Å²) in [7, 11) is 0. The van der Waals surface area contributed by atoms with Crippen molar-refractivity contribution in [3.63, 3.8) is 0 Å². The first-order chi connectivity index (χ1) is 15.5. The van der Waals surface area contributed by atoms with Crippen molar-refractivity contribution in [2.24, 2.45) is 0 Å². The number of carbonyl (C=O) groups excluding carboxylic acids is 2. The van der Waals surface area contributed by atoms with Crippen molar-refractivity contribution >= 4 is 44.5 Å². The molecule has 2 aliphatic heterocycles. The third-order valence-electron chi connectivity index (χ3n) is 6.06. The summed E-state index contributed by atoms with van der Waals surface area (Å²) >= 11 is 3.37. The SMILES string of the molecule is CC(=O)c1ccc2nc(CN3CCN(c4cccc(Br)n4)C(=O)C3)n(C[C@@H]3CCO3)c2c1. The van der Waals surface area contributed by atoms with Crippen LogP contribution in [0.5, 0.6) is 0 Å². The van der Waals surface area contributed by atoms with Gasteiger partial charge in [-0.15, -0.1) is 0 Å². The predicted octanol–water partition coefficient (Wildman–Crippen LogP) is 3.03. The number of anilines is 1. The molecule has 2 saturated heterocycles. The van der Waals surface area contributed by atoms with E-state index in [4.69, 9.17) is 9.72 Å². The van der Waals surface area contributed by atoms with E-state index in [0.29, 0.717) is 42.2 Å². The van der Waals surface area contributed by atoms with Gasteiger partial charge in [-0.2, -0.15) is 0 Å². The number of halogens is 1. The highest BCUT2D eigenvalue weighted by atomic mass is 79.9. The number of ketones is 1. The topological polar surface area (TPSA) is 80.6 Å². The Morgan fingerprint density at radius 1 is 1.22 bits per heavy atom. The van der Waals surface area contributed by atoms with Gasteiger partial charge in [0.2, 0.25) is 5.91 Å². The van der Waals surface area contributed by atoms with E-state index in [2.05, 4.69) is 30.4 Å². The minimum atomic E-state index is 0.0192. The second-order valence-corrected chi connectivity index (χ2v) is 9.07. The zero-order chi connectivity index (χ0) is 22.2. The molecule has 0 unspecified atom stereocenters. The van der Waals surface area contributed by atoms with E-state index < -0.39 is 0 Å². The minimum absolute atomic E-state index is 0.0192. The summed E-state index contributed by atoms with van der Waals surface area (Å²) in [5.74, 6) is 1.60. The number of rotatable bonds is 6. The summed E-state index contributed by atoms with van der Waals surface area (Å²) < 4.78 is 8.53. The molecular formula is C23H24BrN5O3. The average molecular weight is 498 g/mol. The van der Waals surface area contributed by atoms with E-state index in [9.17, 15) is 9.59 Å². The summed E-state index contributed by atoms with van der Waals surface area (Å²) in [6.45, 7) is 5.21. The number of fused-ring (bicyclic) bond motifs is 1. The van der Waals surface area contributed by atoms with Gasteiger partial charge in [-0.3, -0.25) is 19.4 Å². The largest absolute Gasteiger partial charge is 0.376 e. The highest BCUT2D eigenvalue weighted by Gasteiger charge is 2.28. The third kappa shape index (κ3) is 4.20. The first kappa shape index (κ1) is 21.2. The Balaban J connectivity index is 1.38. The van der Waals surface area contributed by atoms with Gasteiger partial charge in [-0.05, 0) is 59.6 Å². The molecule has 9 heteroatoms. The van der Waals surface area contributed by atoms with Crippen LogP contribution >= 0.6 is 15.9 Å². The van der Waals surface area contributed by atoms with E-state index >= 15 is 0 Å². The van der Waals surface area contributed by atoms with E-state index in [-0.39, 0.29) is 17.8 Å². The molecule has 0 saturated carbocycles. The van der Waals surface area contributed by atoms with Crippen LogP contribution in [0, 0.1) is 0 Å². The summed E-state index contributed by atoms with van der Waals surface area (Å²) in [4.78, 5) is 37.9. The molecule has 2 aromatic heterocycles. The van der Waals surface area contributed by atoms with E-state index in [1.54, 1.807) is 11.8 Å².